The van der Waals surface area contributed by atoms with Gasteiger partial charge < -0.3 is 40.0 Å². The number of esters is 1. The topological polar surface area (TPSA) is 154 Å². The molecule has 0 amide bonds. The highest BCUT2D eigenvalue weighted by atomic mass is 16.6. The van der Waals surface area contributed by atoms with Gasteiger partial charge in [0, 0.05) is 47.1 Å². The largest absolute Gasteiger partial charge is 0.508 e. The predicted molar refractivity (Wildman–Crippen MR) is 218 cm³/mol. The highest BCUT2D eigenvalue weighted by Crippen LogP contribution is 2.63. The van der Waals surface area contributed by atoms with Gasteiger partial charge in [0.05, 0.1) is 13.0 Å². The molecule has 0 saturated heterocycles. The number of nitrogens with zero attached hydrogens (tertiary/aromatic N) is 1. The van der Waals surface area contributed by atoms with E-state index in [2.05, 4.69) is 48.2 Å². The lowest BCUT2D eigenvalue weighted by atomic mass is 9.64. The average molecular weight is 779 g/mol. The lowest BCUT2D eigenvalue weighted by Gasteiger charge is -2.40. The third-order valence-electron chi connectivity index (χ3n) is 12.8. The average Bonchev–Trinajstić information content (AvgIpc) is 3.79. The first-order valence-corrected chi connectivity index (χ1v) is 19.9. The van der Waals surface area contributed by atoms with Crippen LogP contribution in [0.25, 0.3) is 11.1 Å². The molecule has 5 unspecified atom stereocenters. The normalized spacial score (nSPS) is 22.1. The molecule has 5 aromatic rings. The molecule has 4 aromatic carbocycles. The molecule has 4 bridgehead atoms. The summed E-state index contributed by atoms with van der Waals surface area (Å²) in [6.07, 6.45) is 4.58. The minimum absolute atomic E-state index is 0.0262. The molecule has 4 aliphatic rings. The number of aliphatic hydroxyl groups excluding tert-OH is 1. The zero-order valence-electron chi connectivity index (χ0n) is 32.6. The van der Waals surface area contributed by atoms with Gasteiger partial charge >= 0.3 is 5.97 Å². The van der Waals surface area contributed by atoms with Crippen LogP contribution >= 0.6 is 0 Å². The number of hydrogen-bond donors (Lipinski definition) is 4. The molecular weight excluding hydrogens is 733 g/mol. The van der Waals surface area contributed by atoms with E-state index in [4.69, 9.17) is 29.7 Å². The highest BCUT2D eigenvalue weighted by Gasteiger charge is 2.52. The van der Waals surface area contributed by atoms with Gasteiger partial charge in [0.2, 0.25) is 0 Å². The Kier molecular flexibility index (Phi) is 9.65. The summed E-state index contributed by atoms with van der Waals surface area (Å²) in [7, 11) is 1.51. The van der Waals surface area contributed by atoms with E-state index in [1.54, 1.807) is 18.2 Å². The number of methoxy groups -OCH3 is 1. The number of benzene rings is 4. The fourth-order valence-electron chi connectivity index (χ4n) is 10.4. The first kappa shape index (κ1) is 37.4. The standard InChI is InChI=1S/C48H46N2O8/c1-27(52)56-25-38-35-13-14-36-44-31(19-32(53)21-42(44)57-26-51)24-48-18-17-30(23-48)33(12-11-28-7-4-3-5-8-28)34-15-16-43(49)50-39(34)10-6-9-29-20-40(54)41(55-2)22-37(29)46(38)58-47(35)45(36)48/h3-5,7-8,13-16,19-22,30,33,38,46,51,53-54H,9,11-12,17-18,23-26H2,1-2H3,(H2,49,50). The summed E-state index contributed by atoms with van der Waals surface area (Å²) < 4.78 is 24.5. The van der Waals surface area contributed by atoms with Crippen molar-refractivity contribution in [3.8, 4) is 51.7 Å². The maximum Gasteiger partial charge on any atom is 0.302 e. The molecule has 9 rings (SSSR count). The molecule has 5 atom stereocenters. The van der Waals surface area contributed by atoms with Crippen molar-refractivity contribution >= 4 is 11.8 Å². The summed E-state index contributed by atoms with van der Waals surface area (Å²) in [5.74, 6) is 8.15. The number of aromatic nitrogens is 1. The van der Waals surface area contributed by atoms with Gasteiger partial charge in [-0.2, -0.15) is 0 Å². The lowest BCUT2D eigenvalue weighted by Crippen LogP contribution is -2.31. The van der Waals surface area contributed by atoms with Crippen LogP contribution in [0.1, 0.15) is 95.2 Å². The number of phenolic OH excluding ortho intramolecular Hbond substituents is 2. The molecule has 296 valence electrons. The molecule has 1 saturated carbocycles. The van der Waals surface area contributed by atoms with Crippen molar-refractivity contribution in [1.29, 1.82) is 0 Å². The van der Waals surface area contributed by atoms with Gasteiger partial charge in [0.1, 0.15) is 41.5 Å². The van der Waals surface area contributed by atoms with Crippen molar-refractivity contribution in [3.05, 3.63) is 124 Å². The third kappa shape index (κ3) is 6.53. The number of hydrogen-bond acceptors (Lipinski definition) is 10. The summed E-state index contributed by atoms with van der Waals surface area (Å²) in [6, 6.07) is 25.5. The summed E-state index contributed by atoms with van der Waals surface area (Å²) in [4.78, 5) is 17.2. The Morgan fingerprint density at radius 3 is 2.60 bits per heavy atom. The Morgan fingerprint density at radius 1 is 0.983 bits per heavy atom. The van der Waals surface area contributed by atoms with E-state index in [9.17, 15) is 20.1 Å². The third-order valence-corrected chi connectivity index (χ3v) is 12.8. The number of aryl methyl sites for hydroxylation is 1. The van der Waals surface area contributed by atoms with Crippen molar-refractivity contribution in [1.82, 2.24) is 4.98 Å². The fraction of sp³-hybridized carbons (Fsp3) is 0.333. The number of aromatic hydroxyl groups is 2. The van der Waals surface area contributed by atoms with Gasteiger partial charge in [-0.15, -0.1) is 0 Å². The number of nitrogens with two attached hydrogens (primary N) is 1. The van der Waals surface area contributed by atoms with E-state index >= 15 is 0 Å². The van der Waals surface area contributed by atoms with E-state index < -0.39 is 30.2 Å². The number of ether oxygens (including phenoxy) is 4. The SMILES string of the molecule is COc1cc2c(cc1O)CC#Cc1nc(N)ccc1C(CCc1ccccc1)C1CCC3(Cc4cc(O)cc(OCO)c4-c4ccc5c(c43)OC2C5COC(C)=O)C1. The first-order chi connectivity index (χ1) is 28.2. The van der Waals surface area contributed by atoms with Crippen LogP contribution in [-0.4, -0.2) is 46.8 Å². The molecule has 1 fully saturated rings. The monoisotopic (exact) mass is 778 g/mol. The molecule has 10 nitrogen and oxygen atoms in total. The van der Waals surface area contributed by atoms with Crippen LogP contribution in [0.2, 0.25) is 0 Å². The Hall–Kier alpha value is -6.18. The van der Waals surface area contributed by atoms with E-state index in [1.807, 2.05) is 24.3 Å². The summed E-state index contributed by atoms with van der Waals surface area (Å²) in [5.41, 5.74) is 15.0. The number of carbonyl (C=O) groups excluding carboxylic acids is 1. The molecule has 58 heavy (non-hydrogen) atoms. The second-order valence-electron chi connectivity index (χ2n) is 16.1. The molecule has 5 N–H and O–H groups in total. The molecule has 1 aromatic heterocycles. The molecule has 1 spiro atoms. The summed E-state index contributed by atoms with van der Waals surface area (Å²) >= 11 is 0. The second kappa shape index (κ2) is 15.0. The number of rotatable bonds is 8. The Morgan fingerprint density at radius 2 is 1.81 bits per heavy atom. The van der Waals surface area contributed by atoms with Gasteiger partial charge in [0.25, 0.3) is 0 Å². The van der Waals surface area contributed by atoms with Crippen molar-refractivity contribution in [3.63, 3.8) is 0 Å². The van der Waals surface area contributed by atoms with Gasteiger partial charge in [-0.05, 0) is 108 Å². The van der Waals surface area contributed by atoms with Crippen molar-refractivity contribution < 1.29 is 39.1 Å². The van der Waals surface area contributed by atoms with Crippen LogP contribution in [-0.2, 0) is 34.2 Å². The number of fused-ring (bicyclic) bond motifs is 7. The highest BCUT2D eigenvalue weighted by molar-refractivity contribution is 5.84. The van der Waals surface area contributed by atoms with Gasteiger partial charge in [0.15, 0.2) is 18.3 Å². The number of anilines is 1. The van der Waals surface area contributed by atoms with Crippen LogP contribution in [0.3, 0.4) is 0 Å². The quantitative estimate of drug-likeness (QED) is 0.0698. The van der Waals surface area contributed by atoms with Crippen molar-refractivity contribution in [2.45, 2.75) is 75.2 Å². The zero-order chi connectivity index (χ0) is 40.1. The minimum Gasteiger partial charge on any atom is -0.508 e. The van der Waals surface area contributed by atoms with Crippen LogP contribution in [0, 0.1) is 17.8 Å². The predicted octanol–water partition coefficient (Wildman–Crippen LogP) is 7.78. The van der Waals surface area contributed by atoms with E-state index in [0.29, 0.717) is 23.7 Å². The zero-order valence-corrected chi connectivity index (χ0v) is 32.6. The van der Waals surface area contributed by atoms with Gasteiger partial charge in [-0.25, -0.2) is 4.98 Å². The Labute approximate surface area is 337 Å². The van der Waals surface area contributed by atoms with Crippen molar-refractivity contribution in [2.24, 2.45) is 5.92 Å². The number of carbonyl (C=O) groups is 1. The maximum atomic E-state index is 12.4. The maximum absolute atomic E-state index is 12.4. The molecule has 2 aliphatic carbocycles. The molecule has 3 heterocycles. The van der Waals surface area contributed by atoms with E-state index in [0.717, 1.165) is 82.4 Å². The van der Waals surface area contributed by atoms with Gasteiger partial charge in [-0.1, -0.05) is 54.5 Å². The van der Waals surface area contributed by atoms with Crippen LogP contribution in [0.4, 0.5) is 5.82 Å². The second-order valence-corrected chi connectivity index (χ2v) is 16.1. The Bertz CT molecular complexity index is 2490. The summed E-state index contributed by atoms with van der Waals surface area (Å²) in [5, 5.41) is 32.1. The van der Waals surface area contributed by atoms with E-state index in [1.165, 1.54) is 19.6 Å². The molecule has 0 radical (unpaired) electrons. The fourth-order valence-corrected chi connectivity index (χ4v) is 10.4. The number of phenols is 2. The lowest BCUT2D eigenvalue weighted by molar-refractivity contribution is -0.141. The minimum atomic E-state index is -0.624. The van der Waals surface area contributed by atoms with Crippen LogP contribution in [0.5, 0.6) is 28.7 Å². The Balaban J connectivity index is 1.30. The number of aliphatic hydroxyl groups is 1. The van der Waals surface area contributed by atoms with Gasteiger partial charge in [-0.3, -0.25) is 4.79 Å². The van der Waals surface area contributed by atoms with Crippen molar-refractivity contribution in [2.75, 3.05) is 26.2 Å². The molecule has 2 aliphatic heterocycles. The number of pyridine rings is 1. The molecule has 10 heteroatoms. The smallest absolute Gasteiger partial charge is 0.302 e. The number of nitrogen functional groups attached to an aromatic ring is 1. The molecular formula is C48H46N2O8. The summed E-state index contributed by atoms with van der Waals surface area (Å²) in [6.45, 7) is 0.912. The van der Waals surface area contributed by atoms with Crippen LogP contribution in [0.15, 0.2) is 78.9 Å². The van der Waals surface area contributed by atoms with E-state index in [-0.39, 0.29) is 42.1 Å². The first-order valence-electron chi connectivity index (χ1n) is 19.9. The van der Waals surface area contributed by atoms with Crippen LogP contribution < -0.4 is 19.9 Å².